The molecule has 0 saturated carbocycles. The molecule has 2 N–H and O–H groups in total. The summed E-state index contributed by atoms with van der Waals surface area (Å²) in [6, 6.07) is 5.14. The maximum absolute atomic E-state index is 10.3. The van der Waals surface area contributed by atoms with Crippen molar-refractivity contribution in [3.8, 4) is 0 Å². The summed E-state index contributed by atoms with van der Waals surface area (Å²) in [5, 5.41) is 0. The van der Waals surface area contributed by atoms with Crippen LogP contribution in [0.2, 0.25) is 0 Å². The summed E-state index contributed by atoms with van der Waals surface area (Å²) in [7, 11) is 0. The quantitative estimate of drug-likeness (QED) is 0.642. The van der Waals surface area contributed by atoms with Crippen molar-refractivity contribution in [1.29, 1.82) is 0 Å². The minimum Gasteiger partial charge on any atom is -0.399 e. The second kappa shape index (κ2) is 2.82. The van der Waals surface area contributed by atoms with E-state index >= 15 is 0 Å². The molecule has 0 fully saturated rings. The van der Waals surface area contributed by atoms with Gasteiger partial charge in [-0.2, -0.15) is 0 Å². The molecule has 4 heteroatoms. The summed E-state index contributed by atoms with van der Waals surface area (Å²) in [4.78, 5) is 18.3. The van der Waals surface area contributed by atoms with Crippen LogP contribution in [0.4, 0.5) is 5.69 Å². The van der Waals surface area contributed by atoms with Crippen molar-refractivity contribution in [3.05, 3.63) is 30.1 Å². The summed E-state index contributed by atoms with van der Waals surface area (Å²) < 4.78 is 0. The van der Waals surface area contributed by atoms with Gasteiger partial charge in [-0.1, -0.05) is 0 Å². The number of carbonyl (C=O) groups excluding carboxylic acids is 1. The molecule has 0 aliphatic rings. The number of nitrogen functional groups attached to an aromatic ring is 1. The van der Waals surface area contributed by atoms with Gasteiger partial charge >= 0.3 is 0 Å². The Labute approximate surface area is 74.4 Å². The zero-order chi connectivity index (χ0) is 9.26. The molecule has 2 rings (SSSR count). The van der Waals surface area contributed by atoms with Gasteiger partial charge in [0.05, 0.1) is 17.2 Å². The average molecular weight is 172 g/mol. The minimum absolute atomic E-state index is 0.206. The van der Waals surface area contributed by atoms with Crippen LogP contribution in [-0.4, -0.2) is 16.3 Å². The van der Waals surface area contributed by atoms with E-state index in [9.17, 15) is 4.79 Å². The molecule has 0 spiro atoms. The van der Waals surface area contributed by atoms with Gasteiger partial charge in [0.1, 0.15) is 5.69 Å². The predicted octanol–water partition coefficient (Wildman–Crippen LogP) is 0.670. The first kappa shape index (κ1) is 7.67. The SMILES string of the molecule is Nc1ccc2nc([C]=O)cnc2c1. The Morgan fingerprint density at radius 1 is 1.31 bits per heavy atom. The zero-order valence-corrected chi connectivity index (χ0v) is 6.69. The largest absolute Gasteiger partial charge is 0.399 e. The summed E-state index contributed by atoms with van der Waals surface area (Å²) in [5.41, 5.74) is 7.71. The van der Waals surface area contributed by atoms with E-state index in [0.29, 0.717) is 16.7 Å². The number of nitrogens with zero attached hydrogens (tertiary/aromatic N) is 2. The van der Waals surface area contributed by atoms with Gasteiger partial charge in [-0.15, -0.1) is 0 Å². The van der Waals surface area contributed by atoms with E-state index in [0.717, 1.165) is 0 Å². The van der Waals surface area contributed by atoms with Crippen molar-refractivity contribution in [2.75, 3.05) is 5.73 Å². The fraction of sp³-hybridized carbons (Fsp3) is 0. The van der Waals surface area contributed by atoms with Crippen LogP contribution in [-0.2, 0) is 4.79 Å². The highest BCUT2D eigenvalue weighted by molar-refractivity contribution is 5.81. The lowest BCUT2D eigenvalue weighted by molar-refractivity contribution is 0.561. The summed E-state index contributed by atoms with van der Waals surface area (Å²) in [6.45, 7) is 0. The normalized spacial score (nSPS) is 10.2. The number of nitrogens with two attached hydrogens (primary N) is 1. The molecule has 63 valence electrons. The molecule has 0 amide bonds. The fourth-order valence-corrected chi connectivity index (χ4v) is 1.08. The Bertz CT molecular complexity index is 467. The Balaban J connectivity index is 2.73. The number of anilines is 1. The number of aromatic nitrogens is 2. The van der Waals surface area contributed by atoms with E-state index in [2.05, 4.69) is 9.97 Å². The van der Waals surface area contributed by atoms with Crippen LogP contribution in [0.15, 0.2) is 24.4 Å². The summed E-state index contributed by atoms with van der Waals surface area (Å²) >= 11 is 0. The van der Waals surface area contributed by atoms with Gasteiger partial charge < -0.3 is 5.73 Å². The third-order valence-corrected chi connectivity index (χ3v) is 1.67. The van der Waals surface area contributed by atoms with Crippen molar-refractivity contribution in [3.63, 3.8) is 0 Å². The van der Waals surface area contributed by atoms with Crippen LogP contribution in [0.5, 0.6) is 0 Å². The number of hydrogen-bond acceptors (Lipinski definition) is 4. The molecule has 1 radical (unpaired) electrons. The molecule has 0 bridgehead atoms. The zero-order valence-electron chi connectivity index (χ0n) is 6.69. The number of benzene rings is 1. The van der Waals surface area contributed by atoms with Gasteiger partial charge in [0.25, 0.3) is 6.29 Å². The molecule has 1 heterocycles. The predicted molar refractivity (Wildman–Crippen MR) is 48.7 cm³/mol. The maximum atomic E-state index is 10.3. The molecule has 0 atom stereocenters. The van der Waals surface area contributed by atoms with E-state index in [4.69, 9.17) is 5.73 Å². The molecule has 0 saturated heterocycles. The van der Waals surface area contributed by atoms with Crippen LogP contribution < -0.4 is 5.73 Å². The van der Waals surface area contributed by atoms with E-state index in [1.807, 2.05) is 0 Å². The first-order valence-corrected chi connectivity index (χ1v) is 3.70. The third kappa shape index (κ3) is 1.33. The van der Waals surface area contributed by atoms with E-state index < -0.39 is 0 Å². The fourth-order valence-electron chi connectivity index (χ4n) is 1.08. The van der Waals surface area contributed by atoms with Crippen LogP contribution in [0, 0.1) is 0 Å². The first-order valence-electron chi connectivity index (χ1n) is 3.70. The van der Waals surface area contributed by atoms with Crippen LogP contribution in [0.1, 0.15) is 5.69 Å². The smallest absolute Gasteiger partial charge is 0.255 e. The van der Waals surface area contributed by atoms with E-state index in [-0.39, 0.29) is 5.69 Å². The summed E-state index contributed by atoms with van der Waals surface area (Å²) in [6.07, 6.45) is 3.05. The van der Waals surface area contributed by atoms with Gasteiger partial charge in [0.15, 0.2) is 0 Å². The molecule has 13 heavy (non-hydrogen) atoms. The van der Waals surface area contributed by atoms with Crippen molar-refractivity contribution in [2.45, 2.75) is 0 Å². The standard InChI is InChI=1S/C9H6N3O/c10-6-1-2-8-9(3-6)11-4-7(5-13)12-8/h1-4H,10H2. The van der Waals surface area contributed by atoms with Crippen LogP contribution in [0.25, 0.3) is 11.0 Å². The lowest BCUT2D eigenvalue weighted by Crippen LogP contribution is -1.92. The lowest BCUT2D eigenvalue weighted by atomic mass is 10.2. The number of rotatable bonds is 1. The van der Waals surface area contributed by atoms with Crippen LogP contribution in [0.3, 0.4) is 0 Å². The van der Waals surface area contributed by atoms with Gasteiger partial charge in [-0.3, -0.25) is 9.78 Å². The first-order chi connectivity index (χ1) is 6.29. The highest BCUT2D eigenvalue weighted by Gasteiger charge is 1.98. The molecule has 0 aliphatic carbocycles. The number of fused-ring (bicyclic) bond motifs is 1. The Morgan fingerprint density at radius 3 is 2.92 bits per heavy atom. The molecular weight excluding hydrogens is 166 g/mol. The van der Waals surface area contributed by atoms with Crippen molar-refractivity contribution in [2.24, 2.45) is 0 Å². The Morgan fingerprint density at radius 2 is 2.15 bits per heavy atom. The maximum Gasteiger partial charge on any atom is 0.255 e. The summed E-state index contributed by atoms with van der Waals surface area (Å²) in [5.74, 6) is 0. The number of hydrogen-bond donors (Lipinski definition) is 1. The lowest BCUT2D eigenvalue weighted by Gasteiger charge is -1.97. The molecule has 0 unspecified atom stereocenters. The molecule has 0 aliphatic heterocycles. The van der Waals surface area contributed by atoms with Crippen LogP contribution >= 0.6 is 0 Å². The molecule has 1 aromatic heterocycles. The van der Waals surface area contributed by atoms with E-state index in [1.54, 1.807) is 24.5 Å². The molecular formula is C9H6N3O. The third-order valence-electron chi connectivity index (χ3n) is 1.67. The molecule has 1 aromatic carbocycles. The highest BCUT2D eigenvalue weighted by atomic mass is 16.1. The van der Waals surface area contributed by atoms with Crippen molar-refractivity contribution in [1.82, 2.24) is 9.97 Å². The topological polar surface area (TPSA) is 68.9 Å². The highest BCUT2D eigenvalue weighted by Crippen LogP contribution is 2.12. The van der Waals surface area contributed by atoms with Crippen molar-refractivity contribution >= 4 is 23.0 Å². The average Bonchev–Trinajstić information content (AvgIpc) is 2.17. The molecule has 2 aromatic rings. The second-order valence-electron chi connectivity index (χ2n) is 2.61. The van der Waals surface area contributed by atoms with E-state index in [1.165, 1.54) is 6.20 Å². The Hall–Kier alpha value is -1.97. The monoisotopic (exact) mass is 172 g/mol. The van der Waals surface area contributed by atoms with Gasteiger partial charge in [-0.05, 0) is 18.2 Å². The van der Waals surface area contributed by atoms with Gasteiger partial charge in [-0.25, -0.2) is 4.98 Å². The van der Waals surface area contributed by atoms with Crippen molar-refractivity contribution < 1.29 is 4.79 Å². The molecule has 4 nitrogen and oxygen atoms in total. The Kier molecular flexibility index (Phi) is 1.66. The minimum atomic E-state index is 0.206. The van der Waals surface area contributed by atoms with Gasteiger partial charge in [0.2, 0.25) is 0 Å². The second-order valence-corrected chi connectivity index (χ2v) is 2.61. The van der Waals surface area contributed by atoms with Gasteiger partial charge in [0, 0.05) is 5.69 Å².